The Kier molecular flexibility index (Phi) is 6.38. The van der Waals surface area contributed by atoms with Gasteiger partial charge in [0.1, 0.15) is 5.60 Å². The van der Waals surface area contributed by atoms with E-state index in [1.807, 2.05) is 32.6 Å². The van der Waals surface area contributed by atoms with Crippen LogP contribution >= 0.6 is 0 Å². The average molecular weight is 416 g/mol. The van der Waals surface area contributed by atoms with Gasteiger partial charge in [-0.2, -0.15) is 0 Å². The van der Waals surface area contributed by atoms with E-state index in [0.717, 1.165) is 25.7 Å². The maximum atomic E-state index is 13.3. The first kappa shape index (κ1) is 22.1. The zero-order chi connectivity index (χ0) is 21.9. The second-order valence-electron chi connectivity index (χ2n) is 9.27. The van der Waals surface area contributed by atoms with Crippen molar-refractivity contribution in [3.8, 4) is 0 Å². The molecule has 0 radical (unpaired) electrons. The van der Waals surface area contributed by atoms with E-state index < -0.39 is 5.60 Å². The van der Waals surface area contributed by atoms with Gasteiger partial charge in [-0.15, -0.1) is 0 Å². The summed E-state index contributed by atoms with van der Waals surface area (Å²) in [5.41, 5.74) is 0.109. The van der Waals surface area contributed by atoms with Gasteiger partial charge in [0.15, 0.2) is 0 Å². The first-order chi connectivity index (χ1) is 14.1. The third-order valence-corrected chi connectivity index (χ3v) is 5.73. The molecule has 0 aromatic heterocycles. The molecule has 1 spiro atoms. The lowest BCUT2D eigenvalue weighted by Crippen LogP contribution is -2.69. The predicted octanol–water partition coefficient (Wildman–Crippen LogP) is 3.44. The summed E-state index contributed by atoms with van der Waals surface area (Å²) >= 11 is 0. The van der Waals surface area contributed by atoms with Crippen LogP contribution in [0.25, 0.3) is 0 Å². The van der Waals surface area contributed by atoms with E-state index in [1.165, 1.54) is 0 Å². The second kappa shape index (κ2) is 8.66. The molecule has 2 aliphatic heterocycles. The summed E-state index contributed by atoms with van der Waals surface area (Å²) in [6.07, 6.45) is 3.11. The van der Waals surface area contributed by atoms with Crippen LogP contribution in [-0.2, 0) is 4.74 Å². The van der Waals surface area contributed by atoms with Crippen molar-refractivity contribution >= 4 is 17.9 Å². The van der Waals surface area contributed by atoms with Gasteiger partial charge < -0.3 is 19.9 Å². The zero-order valence-electron chi connectivity index (χ0n) is 18.5. The molecule has 2 fully saturated rings. The van der Waals surface area contributed by atoms with Crippen molar-refractivity contribution in [3.05, 3.63) is 35.4 Å². The minimum absolute atomic E-state index is 0.0857. The van der Waals surface area contributed by atoms with Crippen LogP contribution in [0.1, 0.15) is 74.1 Å². The van der Waals surface area contributed by atoms with Crippen LogP contribution in [0.5, 0.6) is 0 Å². The highest BCUT2D eigenvalue weighted by Gasteiger charge is 2.50. The summed E-state index contributed by atoms with van der Waals surface area (Å²) in [5.74, 6) is -0.254. The summed E-state index contributed by atoms with van der Waals surface area (Å²) in [6, 6.07) is 6.88. The molecule has 1 N–H and O–H groups in total. The maximum Gasteiger partial charge on any atom is 0.410 e. The molecule has 164 valence electrons. The van der Waals surface area contributed by atoms with Crippen LogP contribution in [-0.4, -0.2) is 65.0 Å². The Morgan fingerprint density at radius 2 is 1.87 bits per heavy atom. The van der Waals surface area contributed by atoms with Gasteiger partial charge in [-0.25, -0.2) is 4.79 Å². The average Bonchev–Trinajstić information content (AvgIpc) is 2.70. The topological polar surface area (TPSA) is 79.0 Å². The minimum atomic E-state index is -0.546. The van der Waals surface area contributed by atoms with Crippen molar-refractivity contribution in [1.82, 2.24) is 15.1 Å². The Labute approximate surface area is 178 Å². The molecule has 2 saturated heterocycles. The number of rotatable bonds is 4. The number of carbonyl (C=O) groups excluding carboxylic acids is 3. The van der Waals surface area contributed by atoms with Gasteiger partial charge in [0.25, 0.3) is 11.8 Å². The van der Waals surface area contributed by atoms with Gasteiger partial charge in [0.2, 0.25) is 0 Å². The molecule has 2 aliphatic rings. The number of likely N-dealkylation sites (tertiary alicyclic amines) is 2. The van der Waals surface area contributed by atoms with Crippen molar-refractivity contribution in [3.63, 3.8) is 0 Å². The normalized spacial score (nSPS) is 21.2. The number of piperidine rings is 1. The van der Waals surface area contributed by atoms with Gasteiger partial charge in [-0.3, -0.25) is 9.59 Å². The number of nitrogens with one attached hydrogen (secondary N) is 1. The molecule has 1 aromatic rings. The van der Waals surface area contributed by atoms with E-state index in [0.29, 0.717) is 37.3 Å². The Bertz CT molecular complexity index is 817. The lowest BCUT2D eigenvalue weighted by molar-refractivity contribution is -0.0521. The molecule has 0 bridgehead atoms. The van der Waals surface area contributed by atoms with Crippen LogP contribution < -0.4 is 5.32 Å². The van der Waals surface area contributed by atoms with E-state index in [2.05, 4.69) is 5.32 Å². The smallest absolute Gasteiger partial charge is 0.410 e. The van der Waals surface area contributed by atoms with Crippen molar-refractivity contribution < 1.29 is 19.1 Å². The monoisotopic (exact) mass is 415 g/mol. The van der Waals surface area contributed by atoms with Crippen LogP contribution in [0.4, 0.5) is 4.79 Å². The maximum absolute atomic E-state index is 13.3. The van der Waals surface area contributed by atoms with Crippen molar-refractivity contribution in [1.29, 1.82) is 0 Å². The van der Waals surface area contributed by atoms with E-state index in [1.54, 1.807) is 29.2 Å². The van der Waals surface area contributed by atoms with Crippen LogP contribution in [0.3, 0.4) is 0 Å². The van der Waals surface area contributed by atoms with E-state index >= 15 is 0 Å². The van der Waals surface area contributed by atoms with Gasteiger partial charge in [0, 0.05) is 37.3 Å². The fourth-order valence-corrected chi connectivity index (χ4v) is 4.17. The number of hydrogen-bond donors (Lipinski definition) is 1. The standard InChI is InChI=1S/C23H33N3O4/c1-5-12-24-19(27)17-8-6-9-18(15-17)20(28)26-14-11-23(26)10-7-13-25(16-23)21(29)30-22(2,3)4/h6,8-9,15H,5,7,10-14,16H2,1-4H3,(H,24,27)/t23-/m0/s1. The fraction of sp³-hybridized carbons (Fsp3) is 0.609. The molecule has 3 rings (SSSR count). The molecule has 0 aliphatic carbocycles. The molecule has 7 heteroatoms. The first-order valence-electron chi connectivity index (χ1n) is 10.8. The number of carbonyl (C=O) groups is 3. The lowest BCUT2D eigenvalue weighted by Gasteiger charge is -2.56. The summed E-state index contributed by atoms with van der Waals surface area (Å²) in [6.45, 7) is 9.96. The third-order valence-electron chi connectivity index (χ3n) is 5.73. The summed E-state index contributed by atoms with van der Waals surface area (Å²) < 4.78 is 5.53. The third kappa shape index (κ3) is 4.77. The Morgan fingerprint density at radius 1 is 1.13 bits per heavy atom. The van der Waals surface area contributed by atoms with E-state index in [9.17, 15) is 14.4 Å². The van der Waals surface area contributed by atoms with Crippen LogP contribution in [0, 0.1) is 0 Å². The molecule has 2 heterocycles. The molecule has 30 heavy (non-hydrogen) atoms. The van der Waals surface area contributed by atoms with Gasteiger partial charge in [-0.05, 0) is 64.7 Å². The first-order valence-corrected chi connectivity index (χ1v) is 10.8. The Hall–Kier alpha value is -2.57. The summed E-state index contributed by atoms with van der Waals surface area (Å²) in [5, 5.41) is 2.84. The molecule has 0 unspecified atom stereocenters. The van der Waals surface area contributed by atoms with E-state index in [-0.39, 0.29) is 23.4 Å². The lowest BCUT2D eigenvalue weighted by atomic mass is 9.77. The SMILES string of the molecule is CCCNC(=O)c1cccc(C(=O)N2CC[C@]23CCCN(C(=O)OC(C)(C)C)C3)c1. The fourth-order valence-electron chi connectivity index (χ4n) is 4.17. The second-order valence-corrected chi connectivity index (χ2v) is 9.27. The highest BCUT2D eigenvalue weighted by Crippen LogP contribution is 2.40. The van der Waals surface area contributed by atoms with Crippen molar-refractivity contribution in [2.45, 2.75) is 64.5 Å². The van der Waals surface area contributed by atoms with Crippen LogP contribution in [0.2, 0.25) is 0 Å². The summed E-state index contributed by atoms with van der Waals surface area (Å²) in [7, 11) is 0. The molecule has 3 amide bonds. The molecule has 1 aromatic carbocycles. The number of amides is 3. The predicted molar refractivity (Wildman–Crippen MR) is 114 cm³/mol. The Morgan fingerprint density at radius 3 is 2.50 bits per heavy atom. The van der Waals surface area contributed by atoms with Gasteiger partial charge >= 0.3 is 6.09 Å². The molecule has 0 saturated carbocycles. The van der Waals surface area contributed by atoms with Gasteiger partial charge in [-0.1, -0.05) is 13.0 Å². The number of nitrogens with zero attached hydrogens (tertiary/aromatic N) is 2. The Balaban J connectivity index is 1.72. The number of ether oxygens (including phenoxy) is 1. The van der Waals surface area contributed by atoms with Crippen molar-refractivity contribution in [2.24, 2.45) is 0 Å². The minimum Gasteiger partial charge on any atom is -0.444 e. The van der Waals surface area contributed by atoms with Crippen LogP contribution in [0.15, 0.2) is 24.3 Å². The molecule has 1 atom stereocenters. The molecule has 7 nitrogen and oxygen atoms in total. The quantitative estimate of drug-likeness (QED) is 0.817. The van der Waals surface area contributed by atoms with Crippen molar-refractivity contribution in [2.75, 3.05) is 26.2 Å². The summed E-state index contributed by atoms with van der Waals surface area (Å²) in [4.78, 5) is 41.7. The molecular formula is C23H33N3O4. The largest absolute Gasteiger partial charge is 0.444 e. The molecular weight excluding hydrogens is 382 g/mol. The van der Waals surface area contributed by atoms with E-state index in [4.69, 9.17) is 4.74 Å². The highest BCUT2D eigenvalue weighted by molar-refractivity contribution is 6.00. The number of benzene rings is 1. The highest BCUT2D eigenvalue weighted by atomic mass is 16.6. The van der Waals surface area contributed by atoms with Gasteiger partial charge in [0.05, 0.1) is 5.54 Å². The zero-order valence-corrected chi connectivity index (χ0v) is 18.5. The number of hydrogen-bond acceptors (Lipinski definition) is 4.